The zero-order chi connectivity index (χ0) is 32.5. The zero-order valence-electron chi connectivity index (χ0n) is 29.5. The van der Waals surface area contributed by atoms with E-state index in [9.17, 15) is 0 Å². The van der Waals surface area contributed by atoms with Gasteiger partial charge in [0.05, 0.1) is 0 Å². The van der Waals surface area contributed by atoms with E-state index in [0.717, 1.165) is 77.0 Å². The van der Waals surface area contributed by atoms with Crippen molar-refractivity contribution in [3.8, 4) is 0 Å². The molecule has 0 unspecified atom stereocenters. The van der Waals surface area contributed by atoms with E-state index in [2.05, 4.69) is 41.5 Å². The predicted molar refractivity (Wildman–Crippen MR) is 171 cm³/mol. The zero-order valence-corrected chi connectivity index (χ0v) is 33.9. The van der Waals surface area contributed by atoms with E-state index in [1.807, 2.05) is 27.7 Å². The molecule has 0 heterocycles. The minimum absolute atomic E-state index is 0.281. The standard InChI is InChI=1S/2C12H27O4Si.2C3H7O.Zr/c2*1-4-7-10-14-17(13,15-11-8-5-2)16-12-9-6-3;2*1-3(2)4;/h2*4-12H2,1-3H3;2*3H,1-2H3;/q4*-1;+4. The van der Waals surface area contributed by atoms with Gasteiger partial charge in [-0.15, -0.1) is 0 Å². The molecular weight excluding hydrogens is 668 g/mol. The molecule has 43 heavy (non-hydrogen) atoms. The van der Waals surface area contributed by atoms with Crippen LogP contribution in [-0.2, 0) is 59.2 Å². The van der Waals surface area contributed by atoms with Crippen LogP contribution >= 0.6 is 0 Å². The third-order valence-electron chi connectivity index (χ3n) is 5.92. The SMILES string of the molecule is CCCCO[Si](OCCCC)(OCCCC)[O][Zr]([O]C(C)C)([O]C(C)C)[O][Si](OCCCC)(OCCCC)OCCCC. The maximum atomic E-state index is 6.97. The summed E-state index contributed by atoms with van der Waals surface area (Å²) in [5.41, 5.74) is 0. The Morgan fingerprint density at radius 1 is 0.395 bits per heavy atom. The summed E-state index contributed by atoms with van der Waals surface area (Å²) < 4.78 is 66.0. The summed E-state index contributed by atoms with van der Waals surface area (Å²) in [6.07, 6.45) is 10.2. The van der Waals surface area contributed by atoms with E-state index in [0.29, 0.717) is 39.6 Å². The van der Waals surface area contributed by atoms with Crippen molar-refractivity contribution >= 4 is 18.1 Å². The molecule has 0 aliphatic rings. The van der Waals surface area contributed by atoms with Crippen molar-refractivity contribution in [3.63, 3.8) is 0 Å². The Balaban J connectivity index is 6.99. The van der Waals surface area contributed by atoms with Crippen molar-refractivity contribution in [1.29, 1.82) is 0 Å². The molecule has 0 N–H and O–H groups in total. The number of rotatable bonds is 32. The van der Waals surface area contributed by atoms with Gasteiger partial charge in [-0.25, -0.2) is 0 Å². The van der Waals surface area contributed by atoms with E-state index < -0.39 is 40.1 Å². The average Bonchev–Trinajstić information content (AvgIpc) is 2.93. The molecular formula is C30H68O10Si2Zr. The second-order valence-corrected chi connectivity index (χ2v) is 22.0. The van der Waals surface area contributed by atoms with E-state index in [1.165, 1.54) is 0 Å². The van der Waals surface area contributed by atoms with Crippen LogP contribution in [0.25, 0.3) is 0 Å². The van der Waals surface area contributed by atoms with Crippen LogP contribution in [-0.4, -0.2) is 69.9 Å². The average molecular weight is 736 g/mol. The third kappa shape index (κ3) is 20.7. The summed E-state index contributed by atoms with van der Waals surface area (Å²) >= 11 is -5.23. The van der Waals surface area contributed by atoms with Crippen molar-refractivity contribution in [2.75, 3.05) is 39.6 Å². The fourth-order valence-corrected chi connectivity index (χ4v) is 20.1. The van der Waals surface area contributed by atoms with Gasteiger partial charge in [0, 0.05) is 0 Å². The summed E-state index contributed by atoms with van der Waals surface area (Å²) in [4.78, 5) is 0. The normalized spacial score (nSPS) is 13.1. The van der Waals surface area contributed by atoms with E-state index in [1.54, 1.807) is 0 Å². The molecule has 0 saturated heterocycles. The van der Waals surface area contributed by atoms with Crippen molar-refractivity contribution in [2.45, 2.75) is 158 Å². The van der Waals surface area contributed by atoms with Crippen LogP contribution < -0.4 is 0 Å². The van der Waals surface area contributed by atoms with Crippen molar-refractivity contribution < 1.29 is 59.2 Å². The van der Waals surface area contributed by atoms with Gasteiger partial charge in [-0.2, -0.15) is 0 Å². The van der Waals surface area contributed by atoms with Gasteiger partial charge in [-0.1, -0.05) is 0 Å². The first-order chi connectivity index (χ1) is 20.6. The van der Waals surface area contributed by atoms with Crippen LogP contribution in [0.2, 0.25) is 0 Å². The van der Waals surface area contributed by atoms with E-state index in [4.69, 9.17) is 37.2 Å². The molecule has 0 saturated carbocycles. The van der Waals surface area contributed by atoms with Crippen molar-refractivity contribution in [3.05, 3.63) is 0 Å². The molecule has 13 heteroatoms. The Labute approximate surface area is 274 Å². The number of hydrogen-bond donors (Lipinski definition) is 0. The van der Waals surface area contributed by atoms with Crippen LogP contribution in [0.4, 0.5) is 0 Å². The fourth-order valence-electron chi connectivity index (χ4n) is 3.50. The first-order valence-electron chi connectivity index (χ1n) is 17.2. The molecule has 0 aliphatic heterocycles. The Morgan fingerprint density at radius 2 is 0.605 bits per heavy atom. The minimum atomic E-state index is -5.23. The van der Waals surface area contributed by atoms with Crippen LogP contribution in [0.3, 0.4) is 0 Å². The van der Waals surface area contributed by atoms with Gasteiger partial charge in [-0.3, -0.25) is 0 Å². The van der Waals surface area contributed by atoms with Gasteiger partial charge >= 0.3 is 275 Å². The van der Waals surface area contributed by atoms with Crippen LogP contribution in [0.1, 0.15) is 146 Å². The molecule has 0 amide bonds. The van der Waals surface area contributed by atoms with Crippen LogP contribution in [0.5, 0.6) is 0 Å². The maximum absolute atomic E-state index is 6.97. The second kappa shape index (κ2) is 26.9. The number of unbranched alkanes of at least 4 members (excludes halogenated alkanes) is 6. The van der Waals surface area contributed by atoms with Crippen molar-refractivity contribution in [2.24, 2.45) is 0 Å². The van der Waals surface area contributed by atoms with E-state index >= 15 is 0 Å². The van der Waals surface area contributed by atoms with Crippen LogP contribution in [0, 0.1) is 0 Å². The molecule has 0 aromatic carbocycles. The van der Waals surface area contributed by atoms with Gasteiger partial charge in [0.2, 0.25) is 0 Å². The fraction of sp³-hybridized carbons (Fsp3) is 1.00. The quantitative estimate of drug-likeness (QED) is 0.0495. The first-order valence-corrected chi connectivity index (χ1v) is 24.5. The van der Waals surface area contributed by atoms with Crippen LogP contribution in [0.15, 0.2) is 0 Å². The first kappa shape index (κ1) is 43.9. The molecule has 0 bridgehead atoms. The Kier molecular flexibility index (Phi) is 27.5. The van der Waals surface area contributed by atoms with E-state index in [-0.39, 0.29) is 12.2 Å². The Morgan fingerprint density at radius 3 is 0.767 bits per heavy atom. The van der Waals surface area contributed by atoms with Gasteiger partial charge in [0.15, 0.2) is 0 Å². The summed E-state index contributed by atoms with van der Waals surface area (Å²) in [6, 6.07) is 0. The monoisotopic (exact) mass is 734 g/mol. The predicted octanol–water partition coefficient (Wildman–Crippen LogP) is 8.45. The van der Waals surface area contributed by atoms with Gasteiger partial charge in [-0.05, 0) is 0 Å². The molecule has 0 aromatic rings. The molecule has 0 radical (unpaired) electrons. The van der Waals surface area contributed by atoms with Gasteiger partial charge < -0.3 is 0 Å². The molecule has 0 aliphatic carbocycles. The molecule has 0 spiro atoms. The molecule has 0 rings (SSSR count). The topological polar surface area (TPSA) is 92.3 Å². The summed E-state index contributed by atoms with van der Waals surface area (Å²) in [5, 5.41) is 0. The Hall–Kier alpha value is 0.917. The van der Waals surface area contributed by atoms with Crippen molar-refractivity contribution in [1.82, 2.24) is 0 Å². The third-order valence-corrected chi connectivity index (χ3v) is 21.4. The summed E-state index contributed by atoms with van der Waals surface area (Å²) in [7, 11) is -7.63. The summed E-state index contributed by atoms with van der Waals surface area (Å²) in [6.45, 7) is 23.1. The molecule has 0 aromatic heterocycles. The molecule has 10 nitrogen and oxygen atoms in total. The summed E-state index contributed by atoms with van der Waals surface area (Å²) in [5.74, 6) is 0. The Bertz CT molecular complexity index is 529. The van der Waals surface area contributed by atoms with Gasteiger partial charge in [0.25, 0.3) is 0 Å². The molecule has 260 valence electrons. The molecule has 0 fully saturated rings. The number of hydrogen-bond acceptors (Lipinski definition) is 10. The van der Waals surface area contributed by atoms with Gasteiger partial charge in [0.1, 0.15) is 0 Å². The molecule has 0 atom stereocenters. The second-order valence-electron chi connectivity index (χ2n) is 11.2.